The van der Waals surface area contributed by atoms with Crippen LogP contribution >= 0.6 is 23.4 Å². The highest BCUT2D eigenvalue weighted by molar-refractivity contribution is 7.98. The van der Waals surface area contributed by atoms with Gasteiger partial charge in [-0.3, -0.25) is 4.79 Å². The lowest BCUT2D eigenvalue weighted by molar-refractivity contribution is -0.125. The average Bonchev–Trinajstić information content (AvgIpc) is 3.30. The molecule has 1 N–H and O–H groups in total. The van der Waals surface area contributed by atoms with E-state index in [0.717, 1.165) is 28.5 Å². The molecule has 142 valence electrons. The van der Waals surface area contributed by atoms with Crippen LogP contribution in [0.1, 0.15) is 11.3 Å². The van der Waals surface area contributed by atoms with Crippen LogP contribution in [-0.4, -0.2) is 28.4 Å². The monoisotopic (exact) mass is 413 g/mol. The molecule has 0 radical (unpaired) electrons. The second kappa shape index (κ2) is 7.07. The minimum Gasteiger partial charge on any atom is -0.485 e. The molecule has 3 aromatic rings. The van der Waals surface area contributed by atoms with Crippen molar-refractivity contribution in [3.63, 3.8) is 0 Å². The fourth-order valence-electron chi connectivity index (χ4n) is 3.28. The van der Waals surface area contributed by atoms with E-state index in [2.05, 4.69) is 10.4 Å². The first kappa shape index (κ1) is 17.5. The SMILES string of the molecule is O=C(Nc1c2c(nn1-c1cccc(Cl)c1)CSC2)C1COc2ccccc2O1. The lowest BCUT2D eigenvalue weighted by Gasteiger charge is -2.25. The molecule has 5 rings (SSSR count). The Morgan fingerprint density at radius 2 is 2.04 bits per heavy atom. The molecule has 0 fully saturated rings. The van der Waals surface area contributed by atoms with Gasteiger partial charge in [0.25, 0.3) is 5.91 Å². The number of nitrogens with one attached hydrogen (secondary N) is 1. The van der Waals surface area contributed by atoms with Crippen molar-refractivity contribution in [2.45, 2.75) is 17.6 Å². The first-order chi connectivity index (χ1) is 13.7. The molecule has 1 amide bonds. The third-order valence-corrected chi connectivity index (χ3v) is 5.85. The van der Waals surface area contributed by atoms with Crippen molar-refractivity contribution in [2.75, 3.05) is 11.9 Å². The molecule has 0 aliphatic carbocycles. The number of ether oxygens (including phenoxy) is 2. The number of para-hydroxylation sites is 2. The van der Waals surface area contributed by atoms with E-state index in [0.29, 0.717) is 22.3 Å². The summed E-state index contributed by atoms with van der Waals surface area (Å²) in [6.07, 6.45) is -0.734. The zero-order valence-corrected chi connectivity index (χ0v) is 16.3. The van der Waals surface area contributed by atoms with Gasteiger partial charge < -0.3 is 14.8 Å². The molecule has 0 bridgehead atoms. The van der Waals surface area contributed by atoms with Crippen molar-refractivity contribution in [2.24, 2.45) is 0 Å². The molecule has 0 saturated heterocycles. The summed E-state index contributed by atoms with van der Waals surface area (Å²) in [5.74, 6) is 3.23. The number of carbonyl (C=O) groups excluding carboxylic acids is 1. The van der Waals surface area contributed by atoms with Gasteiger partial charge in [-0.2, -0.15) is 16.9 Å². The fourth-order valence-corrected chi connectivity index (χ4v) is 4.50. The van der Waals surface area contributed by atoms with Crippen LogP contribution in [0.25, 0.3) is 5.69 Å². The maximum atomic E-state index is 12.9. The molecule has 0 saturated carbocycles. The van der Waals surface area contributed by atoms with Gasteiger partial charge in [0.15, 0.2) is 11.5 Å². The van der Waals surface area contributed by atoms with Crippen LogP contribution in [0.3, 0.4) is 0 Å². The summed E-state index contributed by atoms with van der Waals surface area (Å²) >= 11 is 7.92. The Hall–Kier alpha value is -2.64. The molecule has 8 heteroatoms. The normalized spacial score (nSPS) is 17.2. The molecule has 1 aromatic heterocycles. The highest BCUT2D eigenvalue weighted by Gasteiger charge is 2.31. The number of fused-ring (bicyclic) bond motifs is 2. The van der Waals surface area contributed by atoms with E-state index in [4.69, 9.17) is 21.1 Å². The number of nitrogens with zero attached hydrogens (tertiary/aromatic N) is 2. The Morgan fingerprint density at radius 1 is 1.18 bits per heavy atom. The predicted molar refractivity (Wildman–Crippen MR) is 109 cm³/mol. The van der Waals surface area contributed by atoms with E-state index in [1.165, 1.54) is 0 Å². The molecule has 1 atom stereocenters. The minimum absolute atomic E-state index is 0.158. The fraction of sp³-hybridized carbons (Fsp3) is 0.200. The highest BCUT2D eigenvalue weighted by Crippen LogP contribution is 2.37. The number of anilines is 1. The summed E-state index contributed by atoms with van der Waals surface area (Å²) in [4.78, 5) is 12.9. The molecule has 2 aliphatic rings. The van der Waals surface area contributed by atoms with E-state index >= 15 is 0 Å². The number of thioether (sulfide) groups is 1. The summed E-state index contributed by atoms with van der Waals surface area (Å²) in [6.45, 7) is 0.158. The second-order valence-corrected chi connectivity index (χ2v) is 7.93. The zero-order chi connectivity index (χ0) is 19.1. The molecular weight excluding hydrogens is 398 g/mol. The topological polar surface area (TPSA) is 65.4 Å². The van der Waals surface area contributed by atoms with Crippen molar-refractivity contribution in [3.8, 4) is 17.2 Å². The van der Waals surface area contributed by atoms with Crippen LogP contribution in [0.5, 0.6) is 11.5 Å². The number of hydrogen-bond donors (Lipinski definition) is 1. The van der Waals surface area contributed by atoms with Gasteiger partial charge in [0.2, 0.25) is 6.10 Å². The average molecular weight is 414 g/mol. The first-order valence-corrected chi connectivity index (χ1v) is 10.4. The Labute approximate surface area is 170 Å². The van der Waals surface area contributed by atoms with E-state index in [1.54, 1.807) is 28.6 Å². The van der Waals surface area contributed by atoms with Crippen LogP contribution in [-0.2, 0) is 16.3 Å². The first-order valence-electron chi connectivity index (χ1n) is 8.83. The summed E-state index contributed by atoms with van der Waals surface area (Å²) in [6, 6.07) is 14.7. The minimum atomic E-state index is -0.734. The van der Waals surface area contributed by atoms with Crippen molar-refractivity contribution in [1.29, 1.82) is 0 Å². The van der Waals surface area contributed by atoms with Gasteiger partial charge in [0.1, 0.15) is 12.4 Å². The van der Waals surface area contributed by atoms with Crippen molar-refractivity contribution >= 4 is 35.1 Å². The molecule has 2 aromatic carbocycles. The van der Waals surface area contributed by atoms with Crippen molar-refractivity contribution in [3.05, 3.63) is 64.8 Å². The third kappa shape index (κ3) is 3.10. The Bertz CT molecular complexity index is 1070. The summed E-state index contributed by atoms with van der Waals surface area (Å²) < 4.78 is 13.2. The molecule has 28 heavy (non-hydrogen) atoms. The molecule has 3 heterocycles. The maximum Gasteiger partial charge on any atom is 0.270 e. The number of aromatic nitrogens is 2. The smallest absolute Gasteiger partial charge is 0.270 e. The number of rotatable bonds is 3. The third-order valence-electron chi connectivity index (χ3n) is 4.65. The number of benzene rings is 2. The van der Waals surface area contributed by atoms with Gasteiger partial charge in [0, 0.05) is 22.1 Å². The quantitative estimate of drug-likeness (QED) is 0.701. The molecule has 1 unspecified atom stereocenters. The van der Waals surface area contributed by atoms with Crippen LogP contribution in [0, 0.1) is 0 Å². The van der Waals surface area contributed by atoms with E-state index in [1.807, 2.05) is 36.4 Å². The lowest BCUT2D eigenvalue weighted by atomic mass is 10.2. The zero-order valence-electron chi connectivity index (χ0n) is 14.7. The van der Waals surface area contributed by atoms with Crippen LogP contribution in [0.15, 0.2) is 48.5 Å². The van der Waals surface area contributed by atoms with Crippen LogP contribution < -0.4 is 14.8 Å². The van der Waals surface area contributed by atoms with E-state index < -0.39 is 6.10 Å². The highest BCUT2D eigenvalue weighted by atomic mass is 35.5. The van der Waals surface area contributed by atoms with Gasteiger partial charge in [-0.15, -0.1) is 0 Å². The lowest BCUT2D eigenvalue weighted by Crippen LogP contribution is -2.40. The van der Waals surface area contributed by atoms with E-state index in [-0.39, 0.29) is 12.5 Å². The van der Waals surface area contributed by atoms with Crippen molar-refractivity contribution < 1.29 is 14.3 Å². The Morgan fingerprint density at radius 3 is 2.89 bits per heavy atom. The summed E-state index contributed by atoms with van der Waals surface area (Å²) in [5, 5.41) is 8.31. The number of halogens is 1. The van der Waals surface area contributed by atoms with E-state index in [9.17, 15) is 4.79 Å². The summed E-state index contributed by atoms with van der Waals surface area (Å²) in [5.41, 5.74) is 2.82. The maximum absolute atomic E-state index is 12.9. The van der Waals surface area contributed by atoms with Crippen LogP contribution in [0.4, 0.5) is 5.82 Å². The number of amides is 1. The molecular formula is C20H16ClN3O3S. The van der Waals surface area contributed by atoms with Crippen molar-refractivity contribution in [1.82, 2.24) is 9.78 Å². The number of hydrogen-bond acceptors (Lipinski definition) is 5. The second-order valence-electron chi connectivity index (χ2n) is 6.51. The standard InChI is InChI=1S/C20H16ClN3O3S/c21-12-4-3-5-13(8-12)24-19(14-10-28-11-15(14)23-24)22-20(25)18-9-26-16-6-1-2-7-17(16)27-18/h1-8,18H,9-11H2,(H,22,25). The molecule has 0 spiro atoms. The number of carbonyl (C=O) groups is 1. The Kier molecular flexibility index (Phi) is 4.41. The van der Waals surface area contributed by atoms with Gasteiger partial charge in [-0.25, -0.2) is 4.68 Å². The van der Waals surface area contributed by atoms with Gasteiger partial charge in [0.05, 0.1) is 11.4 Å². The van der Waals surface area contributed by atoms with Crippen LogP contribution in [0.2, 0.25) is 5.02 Å². The summed E-state index contributed by atoms with van der Waals surface area (Å²) in [7, 11) is 0. The largest absolute Gasteiger partial charge is 0.485 e. The molecule has 2 aliphatic heterocycles. The Balaban J connectivity index is 1.44. The molecule has 6 nitrogen and oxygen atoms in total. The van der Waals surface area contributed by atoms with Gasteiger partial charge in [-0.1, -0.05) is 29.8 Å². The predicted octanol–water partition coefficient (Wildman–Crippen LogP) is 4.05. The van der Waals surface area contributed by atoms with Gasteiger partial charge >= 0.3 is 0 Å². The van der Waals surface area contributed by atoms with Gasteiger partial charge in [-0.05, 0) is 30.3 Å².